The lowest BCUT2D eigenvalue weighted by Crippen LogP contribution is -2.26. The van der Waals surface area contributed by atoms with E-state index in [4.69, 9.17) is 21.6 Å². The fourth-order valence-electron chi connectivity index (χ4n) is 2.72. The molecule has 0 heterocycles. The summed E-state index contributed by atoms with van der Waals surface area (Å²) in [5.41, 5.74) is 1.62. The number of halogens is 1. The first kappa shape index (κ1) is 21.4. The topological polar surface area (TPSA) is 87.5 Å². The SMILES string of the molecule is CN(c1cccc(Cl)c1)S(=O)(=O)c1cccc(C(=O)OCc2cccc(C#N)c2)c1. The first-order valence-corrected chi connectivity index (χ1v) is 10.6. The monoisotopic (exact) mass is 440 g/mol. The Labute approximate surface area is 179 Å². The summed E-state index contributed by atoms with van der Waals surface area (Å²) < 4.78 is 32.3. The van der Waals surface area contributed by atoms with E-state index in [1.807, 2.05) is 6.07 Å². The minimum atomic E-state index is -3.91. The summed E-state index contributed by atoms with van der Waals surface area (Å²) in [6.45, 7) is -0.0340. The first-order chi connectivity index (χ1) is 14.3. The molecule has 0 spiro atoms. The van der Waals surface area contributed by atoms with Gasteiger partial charge in [0.05, 0.1) is 27.8 Å². The second-order valence-corrected chi connectivity index (χ2v) is 8.77. The van der Waals surface area contributed by atoms with Gasteiger partial charge in [-0.05, 0) is 54.1 Å². The Morgan fingerprint density at radius 3 is 2.53 bits per heavy atom. The second kappa shape index (κ2) is 8.99. The molecule has 0 bridgehead atoms. The third-order valence-electron chi connectivity index (χ3n) is 4.33. The predicted molar refractivity (Wildman–Crippen MR) is 114 cm³/mol. The summed E-state index contributed by atoms with van der Waals surface area (Å²) in [6, 6.07) is 20.8. The fraction of sp³-hybridized carbons (Fsp3) is 0.0909. The van der Waals surface area contributed by atoms with E-state index in [9.17, 15) is 13.2 Å². The minimum Gasteiger partial charge on any atom is -0.457 e. The molecular formula is C22H17ClN2O4S. The van der Waals surface area contributed by atoms with Gasteiger partial charge in [0.15, 0.2) is 0 Å². The smallest absolute Gasteiger partial charge is 0.338 e. The molecule has 0 aromatic heterocycles. The van der Waals surface area contributed by atoms with E-state index in [2.05, 4.69) is 0 Å². The molecule has 30 heavy (non-hydrogen) atoms. The molecule has 0 saturated heterocycles. The van der Waals surface area contributed by atoms with Crippen LogP contribution in [0.2, 0.25) is 5.02 Å². The van der Waals surface area contributed by atoms with Crippen molar-refractivity contribution < 1.29 is 17.9 Å². The van der Waals surface area contributed by atoms with Gasteiger partial charge in [-0.3, -0.25) is 4.31 Å². The molecule has 0 N–H and O–H groups in total. The Morgan fingerprint density at radius 2 is 1.80 bits per heavy atom. The van der Waals surface area contributed by atoms with Gasteiger partial charge >= 0.3 is 5.97 Å². The van der Waals surface area contributed by atoms with E-state index < -0.39 is 16.0 Å². The molecule has 0 aliphatic heterocycles. The number of anilines is 1. The summed E-state index contributed by atoms with van der Waals surface area (Å²) in [6.07, 6.45) is 0. The van der Waals surface area contributed by atoms with Crippen LogP contribution in [0.25, 0.3) is 0 Å². The van der Waals surface area contributed by atoms with Crippen LogP contribution in [0.3, 0.4) is 0 Å². The van der Waals surface area contributed by atoms with Crippen molar-refractivity contribution in [1.82, 2.24) is 0 Å². The average Bonchev–Trinajstić information content (AvgIpc) is 2.77. The molecule has 0 fully saturated rings. The molecule has 0 amide bonds. The number of ether oxygens (including phenoxy) is 1. The number of hydrogen-bond acceptors (Lipinski definition) is 5. The Kier molecular flexibility index (Phi) is 6.40. The van der Waals surface area contributed by atoms with Crippen LogP contribution in [0.1, 0.15) is 21.5 Å². The van der Waals surface area contributed by atoms with Crippen molar-refractivity contribution >= 4 is 33.3 Å². The van der Waals surface area contributed by atoms with Crippen molar-refractivity contribution in [3.63, 3.8) is 0 Å². The zero-order chi connectivity index (χ0) is 21.7. The Hall–Kier alpha value is -3.34. The van der Waals surface area contributed by atoms with Crippen molar-refractivity contribution in [3.8, 4) is 6.07 Å². The molecule has 6 nitrogen and oxygen atoms in total. The molecule has 0 aliphatic rings. The van der Waals surface area contributed by atoms with E-state index >= 15 is 0 Å². The summed E-state index contributed by atoms with van der Waals surface area (Å²) in [5.74, 6) is -0.667. The average molecular weight is 441 g/mol. The van der Waals surface area contributed by atoms with Crippen LogP contribution < -0.4 is 4.31 Å². The Bertz CT molecular complexity index is 1240. The van der Waals surface area contributed by atoms with Gasteiger partial charge < -0.3 is 4.74 Å². The zero-order valence-corrected chi connectivity index (χ0v) is 17.5. The maximum absolute atomic E-state index is 13.0. The number of carbonyl (C=O) groups is 1. The maximum atomic E-state index is 13.0. The van der Waals surface area contributed by atoms with E-state index in [1.54, 1.807) is 42.5 Å². The second-order valence-electron chi connectivity index (χ2n) is 6.37. The van der Waals surface area contributed by atoms with Crippen LogP contribution in [-0.2, 0) is 21.4 Å². The molecule has 0 unspecified atom stereocenters. The summed E-state index contributed by atoms with van der Waals surface area (Å²) >= 11 is 5.96. The van der Waals surface area contributed by atoms with Gasteiger partial charge in [-0.1, -0.05) is 35.9 Å². The van der Waals surface area contributed by atoms with Crippen LogP contribution >= 0.6 is 11.6 Å². The van der Waals surface area contributed by atoms with Crippen LogP contribution in [0.4, 0.5) is 5.69 Å². The molecule has 152 valence electrons. The maximum Gasteiger partial charge on any atom is 0.338 e. The summed E-state index contributed by atoms with van der Waals surface area (Å²) in [4.78, 5) is 12.4. The Balaban J connectivity index is 1.79. The highest BCUT2D eigenvalue weighted by molar-refractivity contribution is 7.92. The summed E-state index contributed by atoms with van der Waals surface area (Å²) in [7, 11) is -2.50. The van der Waals surface area contributed by atoms with E-state index in [-0.39, 0.29) is 17.1 Å². The molecule has 8 heteroatoms. The van der Waals surface area contributed by atoms with Crippen molar-refractivity contribution in [1.29, 1.82) is 5.26 Å². The van der Waals surface area contributed by atoms with Gasteiger partial charge in [0.25, 0.3) is 10.0 Å². The number of hydrogen-bond donors (Lipinski definition) is 0. The lowest BCUT2D eigenvalue weighted by Gasteiger charge is -2.20. The van der Waals surface area contributed by atoms with Crippen molar-refractivity contribution in [2.75, 3.05) is 11.4 Å². The number of nitrogens with zero attached hydrogens (tertiary/aromatic N) is 2. The van der Waals surface area contributed by atoms with E-state index in [0.717, 1.165) is 4.31 Å². The highest BCUT2D eigenvalue weighted by Crippen LogP contribution is 2.25. The molecule has 3 aromatic rings. The highest BCUT2D eigenvalue weighted by Gasteiger charge is 2.23. The van der Waals surface area contributed by atoms with Crippen molar-refractivity contribution in [2.24, 2.45) is 0 Å². The molecule has 0 saturated carbocycles. The van der Waals surface area contributed by atoms with Crippen molar-refractivity contribution in [2.45, 2.75) is 11.5 Å². The highest BCUT2D eigenvalue weighted by atomic mass is 35.5. The lowest BCUT2D eigenvalue weighted by atomic mass is 10.1. The van der Waals surface area contributed by atoms with Gasteiger partial charge in [0.2, 0.25) is 0 Å². The van der Waals surface area contributed by atoms with Gasteiger partial charge in [-0.2, -0.15) is 5.26 Å². The van der Waals surface area contributed by atoms with Gasteiger partial charge in [-0.25, -0.2) is 13.2 Å². The third-order valence-corrected chi connectivity index (χ3v) is 6.34. The first-order valence-electron chi connectivity index (χ1n) is 8.82. The van der Waals surface area contributed by atoms with Gasteiger partial charge in [0.1, 0.15) is 6.61 Å². The van der Waals surface area contributed by atoms with Crippen LogP contribution in [0.15, 0.2) is 77.7 Å². The number of rotatable bonds is 6. The summed E-state index contributed by atoms with van der Waals surface area (Å²) in [5, 5.41) is 9.35. The number of esters is 1. The molecule has 0 radical (unpaired) electrons. The van der Waals surface area contributed by atoms with Crippen LogP contribution in [0.5, 0.6) is 0 Å². The van der Waals surface area contributed by atoms with E-state index in [0.29, 0.717) is 21.8 Å². The number of benzene rings is 3. The standard InChI is InChI=1S/C22H17ClN2O4S/c1-25(20-9-4-8-19(23)13-20)30(27,28)21-10-3-7-18(12-21)22(26)29-15-17-6-2-5-16(11-17)14-24/h2-13H,15H2,1H3. The zero-order valence-electron chi connectivity index (χ0n) is 15.9. The van der Waals surface area contributed by atoms with Crippen LogP contribution in [0, 0.1) is 11.3 Å². The predicted octanol–water partition coefficient (Wildman–Crippen LogP) is 4.39. The van der Waals surface area contributed by atoms with Crippen LogP contribution in [-0.4, -0.2) is 21.4 Å². The lowest BCUT2D eigenvalue weighted by molar-refractivity contribution is 0.0472. The molecule has 0 atom stereocenters. The normalized spacial score (nSPS) is 10.8. The molecule has 3 aromatic carbocycles. The number of carbonyl (C=O) groups excluding carboxylic acids is 1. The number of nitriles is 1. The number of sulfonamides is 1. The molecular weight excluding hydrogens is 424 g/mol. The van der Waals surface area contributed by atoms with Crippen molar-refractivity contribution in [3.05, 3.63) is 94.5 Å². The fourth-order valence-corrected chi connectivity index (χ4v) is 4.13. The van der Waals surface area contributed by atoms with E-state index in [1.165, 1.54) is 37.4 Å². The largest absolute Gasteiger partial charge is 0.457 e. The minimum absolute atomic E-state index is 0.0340. The quantitative estimate of drug-likeness (QED) is 0.530. The third kappa shape index (κ3) is 4.79. The van der Waals surface area contributed by atoms with Gasteiger partial charge in [-0.15, -0.1) is 0 Å². The molecule has 3 rings (SSSR count). The Morgan fingerprint density at radius 1 is 1.07 bits per heavy atom. The van der Waals surface area contributed by atoms with Gasteiger partial charge in [0, 0.05) is 12.1 Å². The molecule has 0 aliphatic carbocycles.